The first kappa shape index (κ1) is 28.2. The van der Waals surface area contributed by atoms with Gasteiger partial charge in [0.2, 0.25) is 0 Å². The van der Waals surface area contributed by atoms with Crippen LogP contribution in [0.25, 0.3) is 109 Å². The summed E-state index contributed by atoms with van der Waals surface area (Å²) >= 11 is 0. The Morgan fingerprint density at radius 3 is 1.45 bits per heavy atom. The van der Waals surface area contributed by atoms with E-state index in [4.69, 9.17) is 4.42 Å². The van der Waals surface area contributed by atoms with Crippen LogP contribution in [0.4, 0.5) is 0 Å². The summed E-state index contributed by atoms with van der Waals surface area (Å²) in [7, 11) is 0. The van der Waals surface area contributed by atoms with Crippen molar-refractivity contribution >= 4 is 75.8 Å². The minimum atomic E-state index is 0.906. The molecular weight excluding hydrogens is 617 g/mol. The van der Waals surface area contributed by atoms with Crippen LogP contribution in [0, 0.1) is 0 Å². The van der Waals surface area contributed by atoms with E-state index >= 15 is 0 Å². The number of hydrogen-bond donors (Lipinski definition) is 0. The van der Waals surface area contributed by atoms with E-state index in [9.17, 15) is 0 Å². The smallest absolute Gasteiger partial charge is 0.136 e. The lowest BCUT2D eigenvalue weighted by Gasteiger charge is -2.21. The minimum absolute atomic E-state index is 0.906. The summed E-state index contributed by atoms with van der Waals surface area (Å²) in [5, 5.41) is 14.7. The van der Waals surface area contributed by atoms with Crippen LogP contribution in [0.3, 0.4) is 0 Å². The molecule has 11 aromatic rings. The van der Waals surface area contributed by atoms with Gasteiger partial charge in [-0.05, 0) is 112 Å². The molecule has 1 heteroatoms. The van der Waals surface area contributed by atoms with Crippen molar-refractivity contribution in [2.45, 2.75) is 0 Å². The van der Waals surface area contributed by atoms with Crippen molar-refractivity contribution in [1.29, 1.82) is 0 Å². The number of hydrogen-bond acceptors (Lipinski definition) is 1. The fourth-order valence-electron chi connectivity index (χ4n) is 8.65. The molecule has 0 unspecified atom stereocenters. The zero-order valence-corrected chi connectivity index (χ0v) is 27.7. The summed E-state index contributed by atoms with van der Waals surface area (Å²) in [6, 6.07) is 66.3. The third-order valence-corrected chi connectivity index (χ3v) is 10.8. The third kappa shape index (κ3) is 4.16. The number of benzene rings is 10. The topological polar surface area (TPSA) is 13.1 Å². The Kier molecular flexibility index (Phi) is 6.02. The van der Waals surface area contributed by atoms with Crippen LogP contribution in [-0.4, -0.2) is 0 Å². The number of furan rings is 1. The van der Waals surface area contributed by atoms with Crippen LogP contribution in [0.2, 0.25) is 0 Å². The molecule has 11 rings (SSSR count). The third-order valence-electron chi connectivity index (χ3n) is 10.8. The first-order valence-electron chi connectivity index (χ1n) is 17.6. The Morgan fingerprint density at radius 2 is 0.784 bits per heavy atom. The Hall–Kier alpha value is -6.70. The SMILES string of the molecule is c1ccc(-c2cc3ccccc3c3cccc(-c4c5ccccc5c(-c5cccc6oc7cc8ccccc8cc7c56)c5ccccc45)c23)cc1. The Morgan fingerprint density at radius 1 is 0.275 bits per heavy atom. The lowest BCUT2D eigenvalue weighted by atomic mass is 9.82. The highest BCUT2D eigenvalue weighted by molar-refractivity contribution is 6.29. The quantitative estimate of drug-likeness (QED) is 0.138. The molecule has 10 aromatic carbocycles. The van der Waals surface area contributed by atoms with Gasteiger partial charge >= 0.3 is 0 Å². The summed E-state index contributed by atoms with van der Waals surface area (Å²) in [5.74, 6) is 0. The molecule has 0 bridgehead atoms. The molecule has 236 valence electrons. The summed E-state index contributed by atoms with van der Waals surface area (Å²) < 4.78 is 6.58. The van der Waals surface area contributed by atoms with E-state index in [0.29, 0.717) is 0 Å². The van der Waals surface area contributed by atoms with E-state index in [1.807, 2.05) is 0 Å². The van der Waals surface area contributed by atoms with Crippen molar-refractivity contribution in [1.82, 2.24) is 0 Å². The molecule has 0 fully saturated rings. The van der Waals surface area contributed by atoms with E-state index in [-0.39, 0.29) is 0 Å². The van der Waals surface area contributed by atoms with Crippen LogP contribution in [-0.2, 0) is 0 Å². The van der Waals surface area contributed by atoms with Gasteiger partial charge in [0.25, 0.3) is 0 Å². The molecule has 0 spiro atoms. The van der Waals surface area contributed by atoms with E-state index in [1.54, 1.807) is 0 Å². The van der Waals surface area contributed by atoms with Crippen molar-refractivity contribution in [3.05, 3.63) is 182 Å². The fraction of sp³-hybridized carbons (Fsp3) is 0. The first-order valence-corrected chi connectivity index (χ1v) is 17.6. The average Bonchev–Trinajstić information content (AvgIpc) is 3.56. The van der Waals surface area contributed by atoms with Gasteiger partial charge in [-0.25, -0.2) is 0 Å². The monoisotopic (exact) mass is 646 g/mol. The Bertz CT molecular complexity index is 3130. The Labute approximate surface area is 294 Å². The molecule has 0 aliphatic rings. The van der Waals surface area contributed by atoms with E-state index in [1.165, 1.54) is 87.2 Å². The molecule has 0 atom stereocenters. The molecule has 0 aliphatic heterocycles. The van der Waals surface area contributed by atoms with Crippen LogP contribution < -0.4 is 0 Å². The second kappa shape index (κ2) is 10.9. The van der Waals surface area contributed by atoms with E-state index in [0.717, 1.165) is 21.9 Å². The second-order valence-electron chi connectivity index (χ2n) is 13.6. The highest BCUT2D eigenvalue weighted by atomic mass is 16.3. The number of rotatable bonds is 3. The Balaban J connectivity index is 1.30. The highest BCUT2D eigenvalue weighted by Gasteiger charge is 2.22. The van der Waals surface area contributed by atoms with E-state index in [2.05, 4.69) is 182 Å². The van der Waals surface area contributed by atoms with E-state index < -0.39 is 0 Å². The van der Waals surface area contributed by atoms with Crippen molar-refractivity contribution in [2.75, 3.05) is 0 Å². The molecule has 0 N–H and O–H groups in total. The maximum atomic E-state index is 6.58. The summed E-state index contributed by atoms with van der Waals surface area (Å²) in [6.07, 6.45) is 0. The molecule has 0 saturated carbocycles. The van der Waals surface area contributed by atoms with Gasteiger partial charge < -0.3 is 4.42 Å². The summed E-state index contributed by atoms with van der Waals surface area (Å²) in [6.45, 7) is 0. The summed E-state index contributed by atoms with van der Waals surface area (Å²) in [5.41, 5.74) is 9.22. The van der Waals surface area contributed by atoms with Gasteiger partial charge in [0.1, 0.15) is 11.2 Å². The van der Waals surface area contributed by atoms with Gasteiger partial charge in [0, 0.05) is 10.8 Å². The van der Waals surface area contributed by atoms with Gasteiger partial charge in [-0.15, -0.1) is 0 Å². The van der Waals surface area contributed by atoms with Gasteiger partial charge in [0.05, 0.1) is 0 Å². The zero-order valence-electron chi connectivity index (χ0n) is 27.7. The molecule has 0 saturated heterocycles. The van der Waals surface area contributed by atoms with Crippen molar-refractivity contribution in [2.24, 2.45) is 0 Å². The van der Waals surface area contributed by atoms with Crippen molar-refractivity contribution in [3.8, 4) is 33.4 Å². The van der Waals surface area contributed by atoms with Gasteiger partial charge in [-0.1, -0.05) is 158 Å². The molecule has 0 radical (unpaired) electrons. The van der Waals surface area contributed by atoms with Crippen LogP contribution >= 0.6 is 0 Å². The lowest BCUT2D eigenvalue weighted by Crippen LogP contribution is -1.93. The van der Waals surface area contributed by atoms with Crippen LogP contribution in [0.5, 0.6) is 0 Å². The van der Waals surface area contributed by atoms with Gasteiger partial charge in [-0.3, -0.25) is 0 Å². The fourth-order valence-corrected chi connectivity index (χ4v) is 8.65. The van der Waals surface area contributed by atoms with Gasteiger partial charge in [-0.2, -0.15) is 0 Å². The molecule has 1 nitrogen and oxygen atoms in total. The highest BCUT2D eigenvalue weighted by Crippen LogP contribution is 2.50. The summed E-state index contributed by atoms with van der Waals surface area (Å²) in [4.78, 5) is 0. The maximum absolute atomic E-state index is 6.58. The predicted octanol–water partition coefficient (Wildman–Crippen LogP) is 14.4. The minimum Gasteiger partial charge on any atom is -0.456 e. The molecule has 51 heavy (non-hydrogen) atoms. The molecular formula is C50H30O. The maximum Gasteiger partial charge on any atom is 0.136 e. The lowest BCUT2D eigenvalue weighted by molar-refractivity contribution is 0.669. The number of fused-ring (bicyclic) bond motifs is 9. The zero-order chi connectivity index (χ0) is 33.5. The van der Waals surface area contributed by atoms with Crippen molar-refractivity contribution < 1.29 is 4.42 Å². The normalized spacial score (nSPS) is 11.9. The average molecular weight is 647 g/mol. The largest absolute Gasteiger partial charge is 0.456 e. The van der Waals surface area contributed by atoms with Gasteiger partial charge in [0.15, 0.2) is 0 Å². The van der Waals surface area contributed by atoms with Crippen LogP contribution in [0.1, 0.15) is 0 Å². The predicted molar refractivity (Wildman–Crippen MR) is 218 cm³/mol. The van der Waals surface area contributed by atoms with Crippen molar-refractivity contribution in [3.63, 3.8) is 0 Å². The first-order chi connectivity index (χ1) is 25.3. The molecule has 0 amide bonds. The molecule has 0 aliphatic carbocycles. The standard InChI is InChI=1S/C50H30O/c1-2-14-31(15-3-1)43-29-34-18-6-7-19-35(34)36-24-12-25-41(49(36)43)47-37-20-8-10-22-39(37)48(40-23-11-9-21-38(40)47)42-26-13-27-45-50(42)44-28-32-16-4-5-17-33(32)30-46(44)51-45/h1-30H. The molecule has 1 heterocycles. The molecule has 1 aromatic heterocycles. The van der Waals surface area contributed by atoms with Crippen LogP contribution in [0.15, 0.2) is 186 Å². The second-order valence-corrected chi connectivity index (χ2v) is 13.6.